The van der Waals surface area contributed by atoms with E-state index in [2.05, 4.69) is 5.32 Å². The number of nitrogens with one attached hydrogen (secondary N) is 1. The maximum absolute atomic E-state index is 12.6. The van der Waals surface area contributed by atoms with Crippen molar-refractivity contribution in [3.05, 3.63) is 53.1 Å². The van der Waals surface area contributed by atoms with Crippen LogP contribution in [0.5, 0.6) is 17.2 Å². The molecule has 0 bridgehead atoms. The summed E-state index contributed by atoms with van der Waals surface area (Å²) in [6.07, 6.45) is 1.95. The van der Waals surface area contributed by atoms with E-state index in [0.29, 0.717) is 30.8 Å². The Morgan fingerprint density at radius 1 is 1.15 bits per heavy atom. The fourth-order valence-corrected chi connectivity index (χ4v) is 5.01. The van der Waals surface area contributed by atoms with Crippen LogP contribution in [0.2, 0.25) is 0 Å². The van der Waals surface area contributed by atoms with Crippen LogP contribution in [0.4, 0.5) is 4.79 Å². The molecule has 2 unspecified atom stereocenters. The molecule has 34 heavy (non-hydrogen) atoms. The second kappa shape index (κ2) is 9.70. The van der Waals surface area contributed by atoms with Crippen molar-refractivity contribution in [2.75, 3.05) is 6.61 Å². The number of ketones is 1. The normalized spacial score (nSPS) is 20.0. The van der Waals surface area contributed by atoms with E-state index in [4.69, 9.17) is 9.47 Å². The van der Waals surface area contributed by atoms with Crippen LogP contribution < -0.4 is 14.8 Å². The monoisotopic (exact) mass is 483 g/mol. The Morgan fingerprint density at radius 2 is 1.88 bits per heavy atom. The van der Waals surface area contributed by atoms with Crippen LogP contribution in [-0.2, 0) is 16.6 Å². The van der Waals surface area contributed by atoms with Gasteiger partial charge >= 0.3 is 0 Å². The number of aromatic hydroxyl groups is 1. The number of Topliss-reactive ketones (excluding diaryl/α,β-unsaturated/α-hetero) is 1. The molecule has 4 rings (SSSR count). The summed E-state index contributed by atoms with van der Waals surface area (Å²) in [6, 6.07) is 10.8. The summed E-state index contributed by atoms with van der Waals surface area (Å²) in [4.78, 5) is 35.6. The Bertz CT molecular complexity index is 1110. The molecular formula is C26H29NO6S. The average Bonchev–Trinajstić information content (AvgIpc) is 3.08. The first-order chi connectivity index (χ1) is 16.1. The summed E-state index contributed by atoms with van der Waals surface area (Å²) >= 11 is 1.02. The molecule has 0 aromatic heterocycles. The van der Waals surface area contributed by atoms with Gasteiger partial charge in [0.05, 0.1) is 17.4 Å². The number of benzene rings is 2. The van der Waals surface area contributed by atoms with Crippen LogP contribution in [0, 0.1) is 0 Å². The quantitative estimate of drug-likeness (QED) is 0.547. The lowest BCUT2D eigenvalue weighted by Crippen LogP contribution is -2.28. The van der Waals surface area contributed by atoms with Gasteiger partial charge in [0, 0.05) is 12.0 Å². The molecule has 2 amide bonds. The maximum Gasteiger partial charge on any atom is 0.286 e. The molecule has 2 N–H and O–H groups in total. The van der Waals surface area contributed by atoms with Gasteiger partial charge in [-0.15, -0.1) is 0 Å². The second-order valence-corrected chi connectivity index (χ2v) is 10.9. The molecule has 0 aliphatic carbocycles. The molecule has 2 aliphatic heterocycles. The lowest BCUT2D eigenvalue weighted by Gasteiger charge is -2.28. The van der Waals surface area contributed by atoms with Crippen LogP contribution in [0.15, 0.2) is 36.4 Å². The van der Waals surface area contributed by atoms with Crippen molar-refractivity contribution in [3.8, 4) is 17.2 Å². The van der Waals surface area contributed by atoms with Crippen molar-refractivity contribution in [2.24, 2.45) is 0 Å². The van der Waals surface area contributed by atoms with Gasteiger partial charge in [0.1, 0.15) is 23.4 Å². The molecule has 2 aromatic rings. The van der Waals surface area contributed by atoms with E-state index in [1.165, 1.54) is 6.07 Å². The highest BCUT2D eigenvalue weighted by atomic mass is 32.2. The molecule has 0 radical (unpaired) electrons. The van der Waals surface area contributed by atoms with Gasteiger partial charge in [-0.05, 0) is 54.5 Å². The van der Waals surface area contributed by atoms with E-state index in [1.54, 1.807) is 6.07 Å². The lowest BCUT2D eigenvalue weighted by molar-refractivity contribution is -0.118. The van der Waals surface area contributed by atoms with Gasteiger partial charge in [-0.3, -0.25) is 19.7 Å². The van der Waals surface area contributed by atoms with Gasteiger partial charge in [0.25, 0.3) is 5.24 Å². The zero-order valence-electron chi connectivity index (χ0n) is 19.6. The summed E-state index contributed by atoms with van der Waals surface area (Å²) in [5.74, 6) is 1.12. The molecule has 7 nitrogen and oxygen atoms in total. The standard InChI is InChI=1S/C26H29NO6S/c1-26(2,3)19-14-22-18(13-21(19)29)20(28)12-17(33-22)5-4-10-32-16-8-6-15(7-9-16)11-23-24(30)27-25(31)34-23/h6-9,13-14,17,23,29H,4-5,10-12H2,1-3H3,(H,27,30,31). The molecule has 2 heterocycles. The Labute approximate surface area is 203 Å². The third-order valence-electron chi connectivity index (χ3n) is 5.96. The molecule has 180 valence electrons. The van der Waals surface area contributed by atoms with E-state index in [9.17, 15) is 19.5 Å². The second-order valence-electron chi connectivity index (χ2n) is 9.70. The average molecular weight is 484 g/mol. The van der Waals surface area contributed by atoms with Crippen LogP contribution in [-0.4, -0.2) is 40.0 Å². The summed E-state index contributed by atoms with van der Waals surface area (Å²) in [5.41, 5.74) is 1.89. The number of carbonyl (C=O) groups is 3. The molecule has 0 saturated carbocycles. The van der Waals surface area contributed by atoms with Gasteiger partial charge in [0.15, 0.2) is 5.78 Å². The number of phenolic OH excluding ortho intramolecular Hbond substituents is 1. The van der Waals surface area contributed by atoms with Gasteiger partial charge in [-0.25, -0.2) is 0 Å². The van der Waals surface area contributed by atoms with E-state index in [-0.39, 0.29) is 45.9 Å². The van der Waals surface area contributed by atoms with Crippen molar-refractivity contribution < 1.29 is 29.0 Å². The molecule has 2 aromatic carbocycles. The molecule has 8 heteroatoms. The maximum atomic E-state index is 12.6. The number of thioether (sulfide) groups is 1. The summed E-state index contributed by atoms with van der Waals surface area (Å²) < 4.78 is 11.9. The SMILES string of the molecule is CC(C)(C)c1cc2c(cc1O)C(=O)CC(CCCOc1ccc(CC3SC(=O)NC3=O)cc1)O2. The number of amides is 2. The molecule has 0 spiro atoms. The van der Waals surface area contributed by atoms with Crippen LogP contribution >= 0.6 is 11.8 Å². The summed E-state index contributed by atoms with van der Waals surface area (Å²) in [6.45, 7) is 6.50. The third kappa shape index (κ3) is 5.55. The number of fused-ring (bicyclic) bond motifs is 1. The highest BCUT2D eigenvalue weighted by molar-refractivity contribution is 8.15. The minimum atomic E-state index is -0.383. The number of hydrogen-bond donors (Lipinski definition) is 2. The van der Waals surface area contributed by atoms with E-state index < -0.39 is 0 Å². The van der Waals surface area contributed by atoms with Crippen molar-refractivity contribution in [1.29, 1.82) is 0 Å². The molecule has 1 fully saturated rings. The molecule has 2 atom stereocenters. The van der Waals surface area contributed by atoms with Gasteiger partial charge in [0.2, 0.25) is 5.91 Å². The Morgan fingerprint density at radius 3 is 2.53 bits per heavy atom. The number of phenols is 1. The van der Waals surface area contributed by atoms with Crippen molar-refractivity contribution in [1.82, 2.24) is 5.32 Å². The number of rotatable bonds is 7. The summed E-state index contributed by atoms with van der Waals surface area (Å²) in [5, 5.41) is 11.9. The third-order valence-corrected chi connectivity index (χ3v) is 6.95. The van der Waals surface area contributed by atoms with Gasteiger partial charge < -0.3 is 14.6 Å². The minimum absolute atomic E-state index is 0.0191. The first-order valence-electron chi connectivity index (χ1n) is 11.4. The lowest BCUT2D eigenvalue weighted by atomic mass is 9.84. The zero-order chi connectivity index (χ0) is 24.5. The number of hydrogen-bond acceptors (Lipinski definition) is 7. The van der Waals surface area contributed by atoms with Crippen LogP contribution in [0.25, 0.3) is 0 Å². The largest absolute Gasteiger partial charge is 0.508 e. The minimum Gasteiger partial charge on any atom is -0.508 e. The predicted molar refractivity (Wildman–Crippen MR) is 130 cm³/mol. The van der Waals surface area contributed by atoms with E-state index in [1.807, 2.05) is 45.0 Å². The molecule has 1 saturated heterocycles. The van der Waals surface area contributed by atoms with E-state index >= 15 is 0 Å². The molecule has 2 aliphatic rings. The Hall–Kier alpha value is -3.00. The smallest absolute Gasteiger partial charge is 0.286 e. The van der Waals surface area contributed by atoms with Gasteiger partial charge in [-0.2, -0.15) is 0 Å². The van der Waals surface area contributed by atoms with Crippen molar-refractivity contribution in [2.45, 2.75) is 63.2 Å². The first-order valence-corrected chi connectivity index (χ1v) is 12.3. The number of imide groups is 1. The fraction of sp³-hybridized carbons (Fsp3) is 0.423. The fourth-order valence-electron chi connectivity index (χ4n) is 4.15. The predicted octanol–water partition coefficient (Wildman–Crippen LogP) is 4.78. The number of ether oxygens (including phenoxy) is 2. The Balaban J connectivity index is 1.26. The molecular weight excluding hydrogens is 454 g/mol. The number of carbonyl (C=O) groups excluding carboxylic acids is 3. The van der Waals surface area contributed by atoms with Crippen molar-refractivity contribution >= 4 is 28.7 Å². The Kier molecular flexibility index (Phi) is 6.89. The van der Waals surface area contributed by atoms with Crippen LogP contribution in [0.3, 0.4) is 0 Å². The topological polar surface area (TPSA) is 102 Å². The van der Waals surface area contributed by atoms with Gasteiger partial charge in [-0.1, -0.05) is 44.7 Å². The summed E-state index contributed by atoms with van der Waals surface area (Å²) in [7, 11) is 0. The van der Waals surface area contributed by atoms with E-state index in [0.717, 1.165) is 35.1 Å². The highest BCUT2D eigenvalue weighted by Crippen LogP contribution is 2.39. The highest BCUT2D eigenvalue weighted by Gasteiger charge is 2.32. The first kappa shape index (κ1) is 24.1. The zero-order valence-corrected chi connectivity index (χ0v) is 20.4. The van der Waals surface area contributed by atoms with Crippen molar-refractivity contribution in [3.63, 3.8) is 0 Å². The van der Waals surface area contributed by atoms with Crippen LogP contribution in [0.1, 0.15) is 61.5 Å².